The van der Waals surface area contributed by atoms with Crippen LogP contribution in [0, 0.1) is 17.1 Å². The van der Waals surface area contributed by atoms with E-state index in [4.69, 9.17) is 16.9 Å². The normalized spacial score (nSPS) is 9.89. The van der Waals surface area contributed by atoms with Crippen LogP contribution in [0.5, 0.6) is 0 Å². The summed E-state index contributed by atoms with van der Waals surface area (Å²) in [4.78, 5) is 4.08. The zero-order valence-electron chi connectivity index (χ0n) is 8.92. The number of pyridine rings is 1. The van der Waals surface area contributed by atoms with Gasteiger partial charge in [-0.15, -0.1) is 0 Å². The molecule has 0 saturated carbocycles. The summed E-state index contributed by atoms with van der Waals surface area (Å²) in [5.41, 5.74) is 0.550. The zero-order valence-corrected chi connectivity index (χ0v) is 11.3. The fraction of sp³-hybridized carbons (Fsp3) is 0. The largest absolute Gasteiger partial charge is 0.339 e. The van der Waals surface area contributed by atoms with Gasteiger partial charge in [0.05, 0.1) is 15.1 Å². The van der Waals surface area contributed by atoms with Crippen LogP contribution in [-0.4, -0.2) is 4.98 Å². The van der Waals surface area contributed by atoms with Crippen LogP contribution in [0.4, 0.5) is 15.9 Å². The minimum Gasteiger partial charge on any atom is -0.339 e. The lowest BCUT2D eigenvalue weighted by Crippen LogP contribution is -1.96. The Morgan fingerprint density at radius 2 is 2.17 bits per heavy atom. The fourth-order valence-electron chi connectivity index (χ4n) is 1.33. The number of benzene rings is 1. The lowest BCUT2D eigenvalue weighted by Gasteiger charge is -2.08. The number of nitriles is 1. The third-order valence-corrected chi connectivity index (χ3v) is 2.97. The summed E-state index contributed by atoms with van der Waals surface area (Å²) in [6, 6.07) is 7.63. The Morgan fingerprint density at radius 1 is 1.39 bits per heavy atom. The summed E-state index contributed by atoms with van der Waals surface area (Å²) in [6.07, 6.45) is 1.49. The van der Waals surface area contributed by atoms with Crippen molar-refractivity contribution in [2.24, 2.45) is 0 Å². The number of hydrogen-bond acceptors (Lipinski definition) is 3. The van der Waals surface area contributed by atoms with Gasteiger partial charge in [-0.2, -0.15) is 5.26 Å². The molecule has 90 valence electrons. The fourth-order valence-corrected chi connectivity index (χ4v) is 2.07. The molecule has 1 aromatic heterocycles. The van der Waals surface area contributed by atoms with Gasteiger partial charge in [0.15, 0.2) is 0 Å². The highest BCUT2D eigenvalue weighted by atomic mass is 79.9. The number of nitrogens with zero attached hydrogens (tertiary/aromatic N) is 2. The molecular formula is C12H6BrClFN3. The second-order valence-corrected chi connectivity index (χ2v) is 4.71. The number of nitrogens with one attached hydrogen (secondary N) is 1. The van der Waals surface area contributed by atoms with Crippen molar-refractivity contribution < 1.29 is 4.39 Å². The summed E-state index contributed by atoms with van der Waals surface area (Å²) >= 11 is 9.08. The lowest BCUT2D eigenvalue weighted by atomic mass is 10.2. The van der Waals surface area contributed by atoms with Crippen LogP contribution in [0.1, 0.15) is 5.56 Å². The van der Waals surface area contributed by atoms with E-state index in [2.05, 4.69) is 26.2 Å². The first-order valence-electron chi connectivity index (χ1n) is 4.88. The van der Waals surface area contributed by atoms with Gasteiger partial charge in [-0.25, -0.2) is 9.37 Å². The van der Waals surface area contributed by atoms with Crippen LogP contribution < -0.4 is 5.32 Å². The van der Waals surface area contributed by atoms with Crippen LogP contribution in [-0.2, 0) is 0 Å². The van der Waals surface area contributed by atoms with E-state index >= 15 is 0 Å². The van der Waals surface area contributed by atoms with Crippen LogP contribution >= 0.6 is 27.5 Å². The van der Waals surface area contributed by atoms with Gasteiger partial charge in [-0.1, -0.05) is 11.6 Å². The molecule has 0 amide bonds. The van der Waals surface area contributed by atoms with Crippen molar-refractivity contribution in [3.63, 3.8) is 0 Å². The molecule has 2 aromatic rings. The number of anilines is 2. The molecule has 1 heterocycles. The molecule has 0 unspecified atom stereocenters. The average molecular weight is 327 g/mol. The Bertz CT molecular complexity index is 640. The first-order chi connectivity index (χ1) is 8.60. The predicted molar refractivity (Wildman–Crippen MR) is 71.3 cm³/mol. The summed E-state index contributed by atoms with van der Waals surface area (Å²) in [7, 11) is 0. The van der Waals surface area contributed by atoms with Crippen molar-refractivity contribution >= 4 is 39.0 Å². The molecule has 2 rings (SSSR count). The molecule has 0 atom stereocenters. The molecule has 0 aliphatic heterocycles. The van der Waals surface area contributed by atoms with E-state index in [1.807, 2.05) is 0 Å². The second-order valence-electron chi connectivity index (χ2n) is 3.42. The lowest BCUT2D eigenvalue weighted by molar-refractivity contribution is 0.624. The van der Waals surface area contributed by atoms with Crippen LogP contribution in [0.3, 0.4) is 0 Å². The Balaban J connectivity index is 2.32. The molecule has 0 saturated heterocycles. The molecule has 0 spiro atoms. The van der Waals surface area contributed by atoms with Crippen LogP contribution in [0.25, 0.3) is 0 Å². The highest BCUT2D eigenvalue weighted by molar-refractivity contribution is 9.10. The topological polar surface area (TPSA) is 48.7 Å². The molecule has 1 aromatic carbocycles. The summed E-state index contributed by atoms with van der Waals surface area (Å²) in [5, 5.41) is 12.2. The van der Waals surface area contributed by atoms with Gasteiger partial charge in [0, 0.05) is 11.9 Å². The van der Waals surface area contributed by atoms with Gasteiger partial charge >= 0.3 is 0 Å². The van der Waals surface area contributed by atoms with Gasteiger partial charge in [0.1, 0.15) is 17.7 Å². The Labute approximate surface area is 116 Å². The number of halogens is 3. The van der Waals surface area contributed by atoms with Crippen molar-refractivity contribution in [2.45, 2.75) is 0 Å². The molecule has 0 fully saturated rings. The highest BCUT2D eigenvalue weighted by Gasteiger charge is 2.06. The molecule has 0 radical (unpaired) electrons. The highest BCUT2D eigenvalue weighted by Crippen LogP contribution is 2.26. The average Bonchev–Trinajstić information content (AvgIpc) is 2.35. The van der Waals surface area contributed by atoms with E-state index in [0.29, 0.717) is 21.0 Å². The molecular weight excluding hydrogens is 321 g/mol. The quantitative estimate of drug-likeness (QED) is 0.897. The Hall–Kier alpha value is -1.64. The van der Waals surface area contributed by atoms with Crippen molar-refractivity contribution in [1.82, 2.24) is 4.98 Å². The van der Waals surface area contributed by atoms with E-state index in [9.17, 15) is 4.39 Å². The zero-order chi connectivity index (χ0) is 13.1. The third-order valence-electron chi connectivity index (χ3n) is 2.16. The van der Waals surface area contributed by atoms with Gasteiger partial charge in [-0.3, -0.25) is 0 Å². The van der Waals surface area contributed by atoms with E-state index in [1.165, 1.54) is 24.4 Å². The van der Waals surface area contributed by atoms with Gasteiger partial charge in [0.25, 0.3) is 0 Å². The van der Waals surface area contributed by atoms with Crippen molar-refractivity contribution in [3.05, 3.63) is 51.3 Å². The molecule has 0 aliphatic carbocycles. The maximum atomic E-state index is 13.1. The van der Waals surface area contributed by atoms with Gasteiger partial charge in [0.2, 0.25) is 0 Å². The van der Waals surface area contributed by atoms with E-state index in [0.717, 1.165) is 0 Å². The van der Waals surface area contributed by atoms with E-state index in [-0.39, 0.29) is 5.56 Å². The van der Waals surface area contributed by atoms with Gasteiger partial charge in [-0.05, 0) is 40.2 Å². The second kappa shape index (κ2) is 5.34. The molecule has 0 bridgehead atoms. The molecule has 1 N–H and O–H groups in total. The standard InChI is InChI=1S/C12H6BrClFN3/c13-10-4-8(14)6-17-12(10)18-9-1-2-11(15)7(3-9)5-16/h1-4,6H,(H,17,18). The third kappa shape index (κ3) is 2.78. The molecule has 18 heavy (non-hydrogen) atoms. The summed E-state index contributed by atoms with van der Waals surface area (Å²) in [6.45, 7) is 0. The monoisotopic (exact) mass is 325 g/mol. The number of hydrogen-bond donors (Lipinski definition) is 1. The smallest absolute Gasteiger partial charge is 0.144 e. The first-order valence-corrected chi connectivity index (χ1v) is 6.05. The molecule has 3 nitrogen and oxygen atoms in total. The SMILES string of the molecule is N#Cc1cc(Nc2ncc(Cl)cc2Br)ccc1F. The van der Waals surface area contributed by atoms with Crippen molar-refractivity contribution in [1.29, 1.82) is 5.26 Å². The van der Waals surface area contributed by atoms with Gasteiger partial charge < -0.3 is 5.32 Å². The Kier molecular flexibility index (Phi) is 3.80. The summed E-state index contributed by atoms with van der Waals surface area (Å²) in [5.74, 6) is -0.0129. The van der Waals surface area contributed by atoms with Crippen molar-refractivity contribution in [2.75, 3.05) is 5.32 Å². The maximum Gasteiger partial charge on any atom is 0.144 e. The Morgan fingerprint density at radius 3 is 2.83 bits per heavy atom. The van der Waals surface area contributed by atoms with Crippen LogP contribution in [0.2, 0.25) is 5.02 Å². The first kappa shape index (κ1) is 12.8. The number of rotatable bonds is 2. The van der Waals surface area contributed by atoms with Crippen LogP contribution in [0.15, 0.2) is 34.9 Å². The van der Waals surface area contributed by atoms with E-state index < -0.39 is 5.82 Å². The summed E-state index contributed by atoms with van der Waals surface area (Å²) < 4.78 is 13.8. The number of aromatic nitrogens is 1. The minimum absolute atomic E-state index is 0.0231. The van der Waals surface area contributed by atoms with Crippen molar-refractivity contribution in [3.8, 4) is 6.07 Å². The predicted octanol–water partition coefficient (Wildman–Crippen LogP) is 4.25. The molecule has 0 aliphatic rings. The minimum atomic E-state index is -0.550. The molecule has 6 heteroatoms. The maximum absolute atomic E-state index is 13.1. The van der Waals surface area contributed by atoms with E-state index in [1.54, 1.807) is 12.1 Å².